The van der Waals surface area contributed by atoms with Gasteiger partial charge in [0.2, 0.25) is 10.0 Å². The molecule has 3 N–H and O–H groups in total. The summed E-state index contributed by atoms with van der Waals surface area (Å²) in [5.74, 6) is 0. The summed E-state index contributed by atoms with van der Waals surface area (Å²) < 4.78 is 60.3. The number of sulfonamides is 1. The van der Waals surface area contributed by atoms with Crippen LogP contribution >= 0.6 is 0 Å². The molecule has 140 valence electrons. The monoisotopic (exact) mass is 387 g/mol. The molecular formula is C16H16F3N3O3S. The highest BCUT2D eigenvalue weighted by atomic mass is 32.2. The van der Waals surface area contributed by atoms with Gasteiger partial charge in [-0.2, -0.15) is 13.2 Å². The summed E-state index contributed by atoms with van der Waals surface area (Å²) in [7, 11) is -2.45. The van der Waals surface area contributed by atoms with Crippen molar-refractivity contribution < 1.29 is 26.4 Å². The summed E-state index contributed by atoms with van der Waals surface area (Å²) in [6.07, 6.45) is -4.42. The van der Waals surface area contributed by atoms with Gasteiger partial charge in [-0.05, 0) is 35.9 Å². The van der Waals surface area contributed by atoms with E-state index >= 15 is 0 Å². The van der Waals surface area contributed by atoms with E-state index < -0.39 is 27.8 Å². The Morgan fingerprint density at radius 1 is 1.15 bits per heavy atom. The van der Waals surface area contributed by atoms with Crippen LogP contribution in [0.5, 0.6) is 0 Å². The van der Waals surface area contributed by atoms with Crippen LogP contribution < -0.4 is 10.5 Å². The van der Waals surface area contributed by atoms with Gasteiger partial charge >= 0.3 is 12.2 Å². The number of nitrogens with one attached hydrogen (secondary N) is 1. The van der Waals surface area contributed by atoms with E-state index in [1.807, 2.05) is 0 Å². The fraction of sp³-hybridized carbons (Fsp3) is 0.188. The molecule has 2 aromatic carbocycles. The number of carbonyl (C=O) groups excluding carboxylic acids is 1. The Bertz CT molecular complexity index is 897. The third kappa shape index (κ3) is 5.20. The largest absolute Gasteiger partial charge is 0.416 e. The molecule has 0 unspecified atom stereocenters. The van der Waals surface area contributed by atoms with E-state index in [-0.39, 0.29) is 17.1 Å². The number of primary sulfonamides is 1. The van der Waals surface area contributed by atoms with Crippen molar-refractivity contribution in [3.8, 4) is 0 Å². The zero-order chi connectivity index (χ0) is 19.5. The van der Waals surface area contributed by atoms with Crippen molar-refractivity contribution in [2.75, 3.05) is 12.4 Å². The minimum atomic E-state index is -4.42. The van der Waals surface area contributed by atoms with Gasteiger partial charge < -0.3 is 10.2 Å². The molecular weight excluding hydrogens is 371 g/mol. The van der Waals surface area contributed by atoms with E-state index in [1.54, 1.807) is 0 Å². The van der Waals surface area contributed by atoms with Gasteiger partial charge in [0.05, 0.1) is 10.5 Å². The summed E-state index contributed by atoms with van der Waals surface area (Å²) in [5, 5.41) is 7.53. The highest BCUT2D eigenvalue weighted by Gasteiger charge is 2.30. The van der Waals surface area contributed by atoms with Gasteiger partial charge in [-0.25, -0.2) is 18.4 Å². The average molecular weight is 387 g/mol. The summed E-state index contributed by atoms with van der Waals surface area (Å²) in [6.45, 7) is 0.0683. The lowest BCUT2D eigenvalue weighted by Gasteiger charge is -2.18. The van der Waals surface area contributed by atoms with Crippen molar-refractivity contribution >= 4 is 21.7 Å². The lowest BCUT2D eigenvalue weighted by Crippen LogP contribution is -2.31. The smallest absolute Gasteiger partial charge is 0.323 e. The SMILES string of the molecule is CN(Cc1ccc(C(F)(F)F)cc1)C(=O)Nc1cccc(S(N)(=O)=O)c1. The molecule has 0 fully saturated rings. The van der Waals surface area contributed by atoms with Crippen molar-refractivity contribution in [1.82, 2.24) is 4.90 Å². The van der Waals surface area contributed by atoms with Crippen molar-refractivity contribution in [3.63, 3.8) is 0 Å². The third-order valence-electron chi connectivity index (χ3n) is 3.46. The molecule has 0 saturated carbocycles. The van der Waals surface area contributed by atoms with E-state index in [4.69, 9.17) is 5.14 Å². The van der Waals surface area contributed by atoms with Crippen LogP contribution in [0.2, 0.25) is 0 Å². The van der Waals surface area contributed by atoms with E-state index in [0.717, 1.165) is 12.1 Å². The van der Waals surface area contributed by atoms with Crippen LogP contribution in [0.3, 0.4) is 0 Å². The van der Waals surface area contributed by atoms with Crippen LogP contribution in [0.25, 0.3) is 0 Å². The van der Waals surface area contributed by atoms with Crippen LogP contribution in [0.15, 0.2) is 53.4 Å². The molecule has 0 spiro atoms. The standard InChI is InChI=1S/C16H16F3N3O3S/c1-22(10-11-5-7-12(8-6-11)16(17,18)19)15(23)21-13-3-2-4-14(9-13)26(20,24)25/h2-9H,10H2,1H3,(H,21,23)(H2,20,24,25). The molecule has 0 atom stereocenters. The van der Waals surface area contributed by atoms with Crippen LogP contribution in [-0.4, -0.2) is 26.4 Å². The lowest BCUT2D eigenvalue weighted by atomic mass is 10.1. The summed E-state index contributed by atoms with van der Waals surface area (Å²) >= 11 is 0. The van der Waals surface area contributed by atoms with E-state index in [1.165, 1.54) is 48.3 Å². The molecule has 0 saturated heterocycles. The van der Waals surface area contributed by atoms with Crippen LogP contribution in [-0.2, 0) is 22.7 Å². The molecule has 0 radical (unpaired) electrons. The van der Waals surface area contributed by atoms with Gasteiger partial charge in [0.25, 0.3) is 0 Å². The first-order valence-corrected chi connectivity index (χ1v) is 8.82. The first kappa shape index (κ1) is 19.7. The topological polar surface area (TPSA) is 92.5 Å². The first-order chi connectivity index (χ1) is 12.0. The molecule has 0 heterocycles. The summed E-state index contributed by atoms with van der Waals surface area (Å²) in [6, 6.07) is 9.30. The number of nitrogens with zero attached hydrogens (tertiary/aromatic N) is 1. The third-order valence-corrected chi connectivity index (χ3v) is 4.37. The highest BCUT2D eigenvalue weighted by molar-refractivity contribution is 7.89. The molecule has 10 heteroatoms. The number of nitrogens with two attached hydrogens (primary N) is 1. The molecule has 0 aliphatic carbocycles. The lowest BCUT2D eigenvalue weighted by molar-refractivity contribution is -0.137. The van der Waals surface area contributed by atoms with Crippen molar-refractivity contribution in [1.29, 1.82) is 0 Å². The Hall–Kier alpha value is -2.59. The number of alkyl halides is 3. The number of benzene rings is 2. The van der Waals surface area contributed by atoms with Crippen molar-refractivity contribution in [2.45, 2.75) is 17.6 Å². The van der Waals surface area contributed by atoms with Gasteiger partial charge in [0, 0.05) is 19.3 Å². The van der Waals surface area contributed by atoms with E-state index in [2.05, 4.69) is 5.32 Å². The number of hydrogen-bond acceptors (Lipinski definition) is 3. The first-order valence-electron chi connectivity index (χ1n) is 7.28. The van der Waals surface area contributed by atoms with Crippen molar-refractivity contribution in [2.24, 2.45) is 5.14 Å². The molecule has 0 aliphatic rings. The minimum absolute atomic E-state index is 0.0683. The molecule has 0 bridgehead atoms. The van der Waals surface area contributed by atoms with Crippen LogP contribution in [0.1, 0.15) is 11.1 Å². The summed E-state index contributed by atoms with van der Waals surface area (Å²) in [4.78, 5) is 13.2. The second-order valence-corrected chi connectivity index (χ2v) is 7.12. The Morgan fingerprint density at radius 3 is 2.31 bits per heavy atom. The number of amides is 2. The van der Waals surface area contributed by atoms with Gasteiger partial charge in [0.15, 0.2) is 0 Å². The maximum absolute atomic E-state index is 12.5. The summed E-state index contributed by atoms with van der Waals surface area (Å²) in [5.41, 5.74) is -0.0390. The number of halogens is 3. The van der Waals surface area contributed by atoms with Crippen LogP contribution in [0.4, 0.5) is 23.7 Å². The molecule has 6 nitrogen and oxygen atoms in total. The van der Waals surface area contributed by atoms with Gasteiger partial charge in [-0.15, -0.1) is 0 Å². The number of urea groups is 1. The number of anilines is 1. The average Bonchev–Trinajstić information content (AvgIpc) is 2.54. The zero-order valence-electron chi connectivity index (χ0n) is 13.6. The second-order valence-electron chi connectivity index (χ2n) is 5.55. The van der Waals surface area contributed by atoms with Crippen LogP contribution in [0, 0.1) is 0 Å². The fourth-order valence-electron chi connectivity index (χ4n) is 2.11. The van der Waals surface area contributed by atoms with Crippen molar-refractivity contribution in [3.05, 3.63) is 59.7 Å². The van der Waals surface area contributed by atoms with Gasteiger partial charge in [0.1, 0.15) is 0 Å². The Labute approximate surface area is 148 Å². The van der Waals surface area contributed by atoms with Gasteiger partial charge in [-0.1, -0.05) is 18.2 Å². The predicted octanol–water partition coefficient (Wildman–Crippen LogP) is 3.02. The predicted molar refractivity (Wildman–Crippen MR) is 89.7 cm³/mol. The van der Waals surface area contributed by atoms with E-state index in [9.17, 15) is 26.4 Å². The molecule has 2 amide bonds. The zero-order valence-corrected chi connectivity index (χ0v) is 14.4. The Kier molecular flexibility index (Phi) is 5.57. The second kappa shape index (κ2) is 7.34. The van der Waals surface area contributed by atoms with E-state index in [0.29, 0.717) is 5.56 Å². The Morgan fingerprint density at radius 2 is 1.77 bits per heavy atom. The molecule has 2 rings (SSSR count). The molecule has 2 aromatic rings. The molecule has 26 heavy (non-hydrogen) atoms. The fourth-order valence-corrected chi connectivity index (χ4v) is 2.67. The highest BCUT2D eigenvalue weighted by Crippen LogP contribution is 2.29. The van der Waals surface area contributed by atoms with Gasteiger partial charge in [-0.3, -0.25) is 0 Å². The quantitative estimate of drug-likeness (QED) is 0.845. The number of hydrogen-bond donors (Lipinski definition) is 2. The molecule has 0 aliphatic heterocycles. The Balaban J connectivity index is 2.04. The maximum Gasteiger partial charge on any atom is 0.416 e. The minimum Gasteiger partial charge on any atom is -0.323 e. The number of carbonyl (C=O) groups is 1. The number of rotatable bonds is 4. The molecule has 0 aromatic heterocycles. The maximum atomic E-state index is 12.5. The normalized spacial score (nSPS) is 11.9.